The normalized spacial score (nSPS) is 12.8. The van der Waals surface area contributed by atoms with Crippen LogP contribution in [0.4, 0.5) is 0 Å². The summed E-state index contributed by atoms with van der Waals surface area (Å²) in [5, 5.41) is 4.18. The highest BCUT2D eigenvalue weighted by atomic mass is 16.5. The van der Waals surface area contributed by atoms with Crippen LogP contribution in [0, 0.1) is 0 Å². The van der Waals surface area contributed by atoms with E-state index in [1.165, 1.54) is 0 Å². The molecule has 1 unspecified atom stereocenters. The van der Waals surface area contributed by atoms with Crippen LogP contribution in [-0.2, 0) is 6.54 Å². The van der Waals surface area contributed by atoms with E-state index in [2.05, 4.69) is 25.9 Å². The monoisotopic (exact) mass is 182 g/mol. The summed E-state index contributed by atoms with van der Waals surface area (Å²) in [6.07, 6.45) is 6.14. The van der Waals surface area contributed by atoms with Gasteiger partial charge in [-0.1, -0.05) is 13.8 Å². The molecule has 1 aromatic heterocycles. The Kier molecular flexibility index (Phi) is 3.80. The summed E-state index contributed by atoms with van der Waals surface area (Å²) in [6.45, 7) is 7.28. The Hall–Kier alpha value is -0.990. The van der Waals surface area contributed by atoms with Gasteiger partial charge in [0.1, 0.15) is 0 Å². The van der Waals surface area contributed by atoms with Gasteiger partial charge in [-0.2, -0.15) is 5.10 Å². The molecule has 0 radical (unpaired) electrons. The average molecular weight is 182 g/mol. The molecule has 3 nitrogen and oxygen atoms in total. The first-order valence-corrected chi connectivity index (χ1v) is 4.95. The van der Waals surface area contributed by atoms with Crippen LogP contribution in [0.25, 0.3) is 0 Å². The number of hydrogen-bond donors (Lipinski definition) is 0. The third kappa shape index (κ3) is 3.09. The lowest BCUT2D eigenvalue weighted by Gasteiger charge is -2.09. The topological polar surface area (TPSA) is 27.1 Å². The standard InChI is InChI=1S/C10H18N2O/c1-4-6-12-8-10(7-11-12)13-9(3)5-2/h7-9H,4-6H2,1-3H3. The van der Waals surface area contributed by atoms with Crippen LogP contribution < -0.4 is 4.74 Å². The van der Waals surface area contributed by atoms with Gasteiger partial charge in [-0.05, 0) is 19.8 Å². The van der Waals surface area contributed by atoms with Crippen molar-refractivity contribution in [2.45, 2.75) is 46.3 Å². The van der Waals surface area contributed by atoms with Crippen molar-refractivity contribution in [1.29, 1.82) is 0 Å². The van der Waals surface area contributed by atoms with Crippen LogP contribution in [0.3, 0.4) is 0 Å². The van der Waals surface area contributed by atoms with Crippen molar-refractivity contribution >= 4 is 0 Å². The molecule has 74 valence electrons. The third-order valence-electron chi connectivity index (χ3n) is 1.97. The minimum Gasteiger partial charge on any atom is -0.487 e. The van der Waals surface area contributed by atoms with E-state index in [0.29, 0.717) is 0 Å². The van der Waals surface area contributed by atoms with Crippen molar-refractivity contribution < 1.29 is 4.74 Å². The Morgan fingerprint density at radius 1 is 1.54 bits per heavy atom. The maximum Gasteiger partial charge on any atom is 0.157 e. The molecule has 1 rings (SSSR count). The number of rotatable bonds is 5. The van der Waals surface area contributed by atoms with Gasteiger partial charge in [0.15, 0.2) is 5.75 Å². The number of ether oxygens (including phenoxy) is 1. The fourth-order valence-electron chi connectivity index (χ4n) is 1.07. The molecular weight excluding hydrogens is 164 g/mol. The van der Waals surface area contributed by atoms with Crippen LogP contribution >= 0.6 is 0 Å². The number of aromatic nitrogens is 2. The van der Waals surface area contributed by atoms with Gasteiger partial charge in [0.25, 0.3) is 0 Å². The molecule has 3 heteroatoms. The van der Waals surface area contributed by atoms with Crippen LogP contribution in [0.1, 0.15) is 33.6 Å². The fourth-order valence-corrected chi connectivity index (χ4v) is 1.07. The lowest BCUT2D eigenvalue weighted by Crippen LogP contribution is -2.09. The van der Waals surface area contributed by atoms with Crippen molar-refractivity contribution in [3.63, 3.8) is 0 Å². The van der Waals surface area contributed by atoms with Gasteiger partial charge in [-0.25, -0.2) is 0 Å². The van der Waals surface area contributed by atoms with Gasteiger partial charge in [0.05, 0.1) is 18.5 Å². The number of aryl methyl sites for hydroxylation is 1. The van der Waals surface area contributed by atoms with Gasteiger partial charge in [0.2, 0.25) is 0 Å². The minimum absolute atomic E-state index is 0.277. The van der Waals surface area contributed by atoms with E-state index in [4.69, 9.17) is 4.74 Å². The first-order valence-electron chi connectivity index (χ1n) is 4.95. The summed E-state index contributed by atoms with van der Waals surface area (Å²) in [7, 11) is 0. The van der Waals surface area contributed by atoms with Gasteiger partial charge in [0, 0.05) is 6.54 Å². The van der Waals surface area contributed by atoms with E-state index >= 15 is 0 Å². The zero-order valence-electron chi connectivity index (χ0n) is 8.66. The molecule has 0 N–H and O–H groups in total. The molecule has 0 fully saturated rings. The highest BCUT2D eigenvalue weighted by molar-refractivity contribution is 5.11. The quantitative estimate of drug-likeness (QED) is 0.699. The molecule has 0 saturated carbocycles. The first-order chi connectivity index (χ1) is 6.26. The Morgan fingerprint density at radius 3 is 2.92 bits per heavy atom. The summed E-state index contributed by atoms with van der Waals surface area (Å²) in [6, 6.07) is 0. The van der Waals surface area contributed by atoms with Gasteiger partial charge < -0.3 is 4.74 Å². The molecule has 1 heterocycles. The summed E-state index contributed by atoms with van der Waals surface area (Å²) in [4.78, 5) is 0. The first kappa shape index (κ1) is 10.1. The maximum absolute atomic E-state index is 5.61. The molecule has 1 aromatic rings. The SMILES string of the molecule is CCCn1cc(OC(C)CC)cn1. The molecule has 0 aromatic carbocycles. The molecule has 1 atom stereocenters. The van der Waals surface area contributed by atoms with Crippen LogP contribution in [0.5, 0.6) is 5.75 Å². The van der Waals surface area contributed by atoms with Crippen LogP contribution in [-0.4, -0.2) is 15.9 Å². The summed E-state index contributed by atoms with van der Waals surface area (Å²) >= 11 is 0. The number of hydrogen-bond acceptors (Lipinski definition) is 2. The van der Waals surface area contributed by atoms with E-state index in [0.717, 1.165) is 25.1 Å². The largest absolute Gasteiger partial charge is 0.487 e. The molecular formula is C10H18N2O. The molecule has 13 heavy (non-hydrogen) atoms. The lowest BCUT2D eigenvalue weighted by molar-refractivity contribution is 0.217. The third-order valence-corrected chi connectivity index (χ3v) is 1.97. The van der Waals surface area contributed by atoms with Gasteiger partial charge in [-0.15, -0.1) is 0 Å². The molecule has 0 aliphatic rings. The smallest absolute Gasteiger partial charge is 0.157 e. The fraction of sp³-hybridized carbons (Fsp3) is 0.700. The maximum atomic E-state index is 5.61. The Labute approximate surface area is 79.7 Å². The van der Waals surface area contributed by atoms with Gasteiger partial charge in [-0.3, -0.25) is 4.68 Å². The lowest BCUT2D eigenvalue weighted by atomic mass is 10.3. The van der Waals surface area contributed by atoms with Crippen LogP contribution in [0.15, 0.2) is 12.4 Å². The molecule has 0 spiro atoms. The van der Waals surface area contributed by atoms with Gasteiger partial charge >= 0.3 is 0 Å². The Balaban J connectivity index is 2.48. The van der Waals surface area contributed by atoms with Crippen molar-refractivity contribution in [2.24, 2.45) is 0 Å². The molecule has 0 bridgehead atoms. The van der Waals surface area contributed by atoms with E-state index in [9.17, 15) is 0 Å². The second-order valence-corrected chi connectivity index (χ2v) is 3.28. The molecule has 0 aliphatic heterocycles. The predicted molar refractivity (Wildman–Crippen MR) is 52.9 cm³/mol. The summed E-state index contributed by atoms with van der Waals surface area (Å²) < 4.78 is 7.52. The summed E-state index contributed by atoms with van der Waals surface area (Å²) in [5.41, 5.74) is 0. The highest BCUT2D eigenvalue weighted by Gasteiger charge is 2.02. The van der Waals surface area contributed by atoms with E-state index in [1.54, 1.807) is 6.20 Å². The zero-order chi connectivity index (χ0) is 9.68. The van der Waals surface area contributed by atoms with Crippen molar-refractivity contribution in [3.05, 3.63) is 12.4 Å². The minimum atomic E-state index is 0.277. The molecule has 0 aliphatic carbocycles. The predicted octanol–water partition coefficient (Wildman–Crippen LogP) is 2.47. The Morgan fingerprint density at radius 2 is 2.31 bits per heavy atom. The second-order valence-electron chi connectivity index (χ2n) is 3.28. The van der Waals surface area contributed by atoms with E-state index < -0.39 is 0 Å². The van der Waals surface area contributed by atoms with E-state index in [1.807, 2.05) is 10.9 Å². The average Bonchev–Trinajstić information content (AvgIpc) is 2.53. The second kappa shape index (κ2) is 4.90. The Bertz CT molecular complexity index is 245. The molecule has 0 amide bonds. The van der Waals surface area contributed by atoms with Crippen molar-refractivity contribution in [2.75, 3.05) is 0 Å². The van der Waals surface area contributed by atoms with Crippen molar-refractivity contribution in [1.82, 2.24) is 9.78 Å². The molecule has 0 saturated heterocycles. The highest BCUT2D eigenvalue weighted by Crippen LogP contribution is 2.11. The van der Waals surface area contributed by atoms with E-state index in [-0.39, 0.29) is 6.10 Å². The van der Waals surface area contributed by atoms with Crippen LogP contribution in [0.2, 0.25) is 0 Å². The zero-order valence-corrected chi connectivity index (χ0v) is 8.66. The summed E-state index contributed by atoms with van der Waals surface area (Å²) in [5.74, 6) is 0.878. The number of nitrogens with zero attached hydrogens (tertiary/aromatic N) is 2. The van der Waals surface area contributed by atoms with Crippen molar-refractivity contribution in [3.8, 4) is 5.75 Å².